The van der Waals surface area contributed by atoms with Gasteiger partial charge in [-0.05, 0) is 37.0 Å². The van der Waals surface area contributed by atoms with Crippen molar-refractivity contribution >= 4 is 5.91 Å². The number of benzene rings is 1. The molecule has 2 rings (SSSR count). The maximum atomic E-state index is 11.0. The van der Waals surface area contributed by atoms with E-state index in [1.54, 1.807) is 0 Å². The molecule has 1 aliphatic heterocycles. The molecule has 1 atom stereocenters. The van der Waals surface area contributed by atoms with Gasteiger partial charge in [0.05, 0.1) is 0 Å². The van der Waals surface area contributed by atoms with E-state index < -0.39 is 0 Å². The molecule has 1 fully saturated rings. The first-order valence-electron chi connectivity index (χ1n) is 5.50. The molecule has 2 nitrogen and oxygen atoms in total. The van der Waals surface area contributed by atoms with Crippen molar-refractivity contribution in [2.24, 2.45) is 0 Å². The Labute approximate surface area is 90.7 Å². The molecule has 0 saturated carbocycles. The summed E-state index contributed by atoms with van der Waals surface area (Å²) in [6.45, 7) is 5.06. The van der Waals surface area contributed by atoms with Crippen LogP contribution in [0.25, 0.3) is 0 Å². The molecule has 15 heavy (non-hydrogen) atoms. The van der Waals surface area contributed by atoms with Gasteiger partial charge >= 0.3 is 0 Å². The van der Waals surface area contributed by atoms with Gasteiger partial charge in [-0.2, -0.15) is 0 Å². The number of piperidine rings is 1. The molecular weight excluding hydrogens is 186 g/mol. The standard InChI is InChI=1S/C13H17NO/c1-9-3-4-11(7-10(9)2)12-5-6-13(15)14-8-12/h3-4,7,12H,5-6,8H2,1-2H3,(H,14,15)/t12-/m1/s1. The van der Waals surface area contributed by atoms with Crippen LogP contribution in [0.3, 0.4) is 0 Å². The van der Waals surface area contributed by atoms with Crippen LogP contribution >= 0.6 is 0 Å². The monoisotopic (exact) mass is 203 g/mol. The zero-order valence-corrected chi connectivity index (χ0v) is 9.34. The Bertz CT molecular complexity index is 374. The van der Waals surface area contributed by atoms with E-state index in [9.17, 15) is 4.79 Å². The first kappa shape index (κ1) is 10.2. The van der Waals surface area contributed by atoms with Crippen LogP contribution in [0, 0.1) is 13.8 Å². The average Bonchev–Trinajstić information content (AvgIpc) is 2.23. The molecular formula is C13H17NO. The highest BCUT2D eigenvalue weighted by Gasteiger charge is 2.19. The highest BCUT2D eigenvalue weighted by molar-refractivity contribution is 5.76. The van der Waals surface area contributed by atoms with E-state index in [0.717, 1.165) is 13.0 Å². The van der Waals surface area contributed by atoms with E-state index in [0.29, 0.717) is 12.3 Å². The van der Waals surface area contributed by atoms with E-state index >= 15 is 0 Å². The first-order chi connectivity index (χ1) is 7.16. The number of hydrogen-bond acceptors (Lipinski definition) is 1. The van der Waals surface area contributed by atoms with Crippen molar-refractivity contribution in [1.29, 1.82) is 0 Å². The number of nitrogens with one attached hydrogen (secondary N) is 1. The third-order valence-electron chi connectivity index (χ3n) is 3.27. The molecule has 1 N–H and O–H groups in total. The van der Waals surface area contributed by atoms with Crippen molar-refractivity contribution in [2.75, 3.05) is 6.54 Å². The van der Waals surface area contributed by atoms with Crippen LogP contribution in [0.4, 0.5) is 0 Å². The minimum atomic E-state index is 0.190. The Morgan fingerprint density at radius 1 is 1.27 bits per heavy atom. The maximum Gasteiger partial charge on any atom is 0.220 e. The minimum absolute atomic E-state index is 0.190. The summed E-state index contributed by atoms with van der Waals surface area (Å²) in [4.78, 5) is 11.0. The molecule has 1 aliphatic rings. The largest absolute Gasteiger partial charge is 0.355 e. The van der Waals surface area contributed by atoms with Crippen LogP contribution in [0.5, 0.6) is 0 Å². The lowest BCUT2D eigenvalue weighted by atomic mass is 9.90. The average molecular weight is 203 g/mol. The fourth-order valence-corrected chi connectivity index (χ4v) is 2.04. The van der Waals surface area contributed by atoms with Crippen LogP contribution in [-0.2, 0) is 4.79 Å². The summed E-state index contributed by atoms with van der Waals surface area (Å²) in [5.41, 5.74) is 4.03. The van der Waals surface area contributed by atoms with Crippen molar-refractivity contribution in [3.05, 3.63) is 34.9 Å². The quantitative estimate of drug-likeness (QED) is 0.745. The van der Waals surface area contributed by atoms with Crippen LogP contribution in [0.2, 0.25) is 0 Å². The molecule has 0 radical (unpaired) electrons. The summed E-state index contributed by atoms with van der Waals surface area (Å²) in [6, 6.07) is 6.60. The second kappa shape index (κ2) is 4.05. The molecule has 0 spiro atoms. The van der Waals surface area contributed by atoms with E-state index in [4.69, 9.17) is 0 Å². The van der Waals surface area contributed by atoms with Crippen LogP contribution in [0.1, 0.15) is 35.4 Å². The van der Waals surface area contributed by atoms with Crippen molar-refractivity contribution in [1.82, 2.24) is 5.32 Å². The second-order valence-electron chi connectivity index (χ2n) is 4.38. The number of aryl methyl sites for hydroxylation is 2. The Kier molecular flexibility index (Phi) is 2.76. The Hall–Kier alpha value is -1.31. The third-order valence-corrected chi connectivity index (χ3v) is 3.27. The third kappa shape index (κ3) is 2.20. The summed E-state index contributed by atoms with van der Waals surface area (Å²) < 4.78 is 0. The number of carbonyl (C=O) groups is 1. The molecule has 2 heteroatoms. The van der Waals surface area contributed by atoms with Crippen LogP contribution in [0.15, 0.2) is 18.2 Å². The number of carbonyl (C=O) groups excluding carboxylic acids is 1. The topological polar surface area (TPSA) is 29.1 Å². The van der Waals surface area contributed by atoms with Gasteiger partial charge in [-0.3, -0.25) is 4.79 Å². The van der Waals surface area contributed by atoms with Gasteiger partial charge in [-0.1, -0.05) is 18.2 Å². The molecule has 1 heterocycles. The summed E-state index contributed by atoms with van der Waals surface area (Å²) in [6.07, 6.45) is 1.64. The van der Waals surface area contributed by atoms with Gasteiger partial charge in [-0.25, -0.2) is 0 Å². The second-order valence-corrected chi connectivity index (χ2v) is 4.38. The fourth-order valence-electron chi connectivity index (χ4n) is 2.04. The Balaban J connectivity index is 2.16. The Morgan fingerprint density at radius 2 is 2.07 bits per heavy atom. The Morgan fingerprint density at radius 3 is 2.67 bits per heavy atom. The summed E-state index contributed by atoms with van der Waals surface area (Å²) >= 11 is 0. The van der Waals surface area contributed by atoms with Crippen molar-refractivity contribution in [3.63, 3.8) is 0 Å². The van der Waals surface area contributed by atoms with Crippen LogP contribution in [-0.4, -0.2) is 12.5 Å². The van der Waals surface area contributed by atoms with E-state index in [2.05, 4.69) is 37.4 Å². The lowest BCUT2D eigenvalue weighted by molar-refractivity contribution is -0.122. The smallest absolute Gasteiger partial charge is 0.220 e. The minimum Gasteiger partial charge on any atom is -0.355 e. The van der Waals surface area contributed by atoms with Gasteiger partial charge in [0.1, 0.15) is 0 Å². The van der Waals surface area contributed by atoms with Gasteiger partial charge in [0.15, 0.2) is 0 Å². The van der Waals surface area contributed by atoms with Gasteiger partial charge in [0.2, 0.25) is 5.91 Å². The van der Waals surface area contributed by atoms with E-state index in [1.165, 1.54) is 16.7 Å². The number of amides is 1. The van der Waals surface area contributed by atoms with Crippen molar-refractivity contribution in [2.45, 2.75) is 32.6 Å². The number of hydrogen-bond donors (Lipinski definition) is 1. The SMILES string of the molecule is Cc1ccc([C@@H]2CCC(=O)NC2)cc1C. The zero-order valence-electron chi connectivity index (χ0n) is 9.34. The highest BCUT2D eigenvalue weighted by Crippen LogP contribution is 2.25. The van der Waals surface area contributed by atoms with Crippen molar-refractivity contribution < 1.29 is 4.79 Å². The van der Waals surface area contributed by atoms with E-state index in [-0.39, 0.29) is 5.91 Å². The van der Waals surface area contributed by atoms with Gasteiger partial charge in [0.25, 0.3) is 0 Å². The molecule has 1 aromatic carbocycles. The molecule has 1 aromatic rings. The molecule has 0 bridgehead atoms. The molecule has 0 aromatic heterocycles. The van der Waals surface area contributed by atoms with Crippen LogP contribution < -0.4 is 5.32 Å². The van der Waals surface area contributed by atoms with Gasteiger partial charge < -0.3 is 5.32 Å². The lowest BCUT2D eigenvalue weighted by Crippen LogP contribution is -2.33. The normalized spacial score (nSPS) is 21.2. The van der Waals surface area contributed by atoms with Gasteiger partial charge in [0, 0.05) is 18.9 Å². The van der Waals surface area contributed by atoms with Crippen molar-refractivity contribution in [3.8, 4) is 0 Å². The van der Waals surface area contributed by atoms with Gasteiger partial charge in [-0.15, -0.1) is 0 Å². The molecule has 1 saturated heterocycles. The molecule has 80 valence electrons. The number of rotatable bonds is 1. The predicted molar refractivity (Wildman–Crippen MR) is 60.9 cm³/mol. The summed E-state index contributed by atoms with van der Waals surface area (Å²) in [7, 11) is 0. The first-order valence-corrected chi connectivity index (χ1v) is 5.50. The molecule has 0 aliphatic carbocycles. The molecule has 1 amide bonds. The zero-order chi connectivity index (χ0) is 10.8. The maximum absolute atomic E-state index is 11.0. The predicted octanol–water partition coefficient (Wildman–Crippen LogP) is 2.30. The fraction of sp³-hybridized carbons (Fsp3) is 0.462. The van der Waals surface area contributed by atoms with E-state index in [1.807, 2.05) is 0 Å². The lowest BCUT2D eigenvalue weighted by Gasteiger charge is -2.23. The summed E-state index contributed by atoms with van der Waals surface area (Å²) in [5.74, 6) is 0.692. The summed E-state index contributed by atoms with van der Waals surface area (Å²) in [5, 5.41) is 2.93. The highest BCUT2D eigenvalue weighted by atomic mass is 16.1. The molecule has 0 unspecified atom stereocenters.